The molecule has 0 unspecified atom stereocenters. The zero-order chi connectivity index (χ0) is 15.7. The summed E-state index contributed by atoms with van der Waals surface area (Å²) in [6.45, 7) is 1.15. The van der Waals surface area contributed by atoms with Crippen LogP contribution in [0.1, 0.15) is 24.8 Å². The first-order valence-electron chi connectivity index (χ1n) is 7.37. The van der Waals surface area contributed by atoms with Gasteiger partial charge >= 0.3 is 6.03 Å². The van der Waals surface area contributed by atoms with Crippen molar-refractivity contribution < 1.29 is 18.4 Å². The number of carbonyl (C=O) groups excluding carboxylic acids is 2. The number of carbonyl (C=O) groups is 2. The molecular weight excluding hydrogens is 292 g/mol. The largest absolute Gasteiger partial charge is 0.341 e. The molecule has 0 spiro atoms. The molecule has 0 aromatic heterocycles. The maximum atomic E-state index is 13.8. The number of fused-ring (bicyclic) bond motifs is 1. The van der Waals surface area contributed by atoms with Gasteiger partial charge in [-0.3, -0.25) is 4.79 Å². The molecule has 3 amide bonds. The molecule has 3 rings (SSSR count). The van der Waals surface area contributed by atoms with Gasteiger partial charge in [-0.1, -0.05) is 0 Å². The van der Waals surface area contributed by atoms with Gasteiger partial charge in [0.25, 0.3) is 0 Å². The van der Waals surface area contributed by atoms with Crippen molar-refractivity contribution in [3.05, 3.63) is 29.3 Å². The molecule has 2 aliphatic heterocycles. The molecule has 5 nitrogen and oxygen atoms in total. The highest BCUT2D eigenvalue weighted by Crippen LogP contribution is 2.27. The summed E-state index contributed by atoms with van der Waals surface area (Å²) >= 11 is 0. The topological polar surface area (TPSA) is 52.7 Å². The van der Waals surface area contributed by atoms with Crippen LogP contribution in [0, 0.1) is 11.6 Å². The van der Waals surface area contributed by atoms with E-state index in [0.717, 1.165) is 25.3 Å². The Morgan fingerprint density at radius 2 is 1.91 bits per heavy atom. The van der Waals surface area contributed by atoms with Gasteiger partial charge in [-0.2, -0.15) is 0 Å². The molecule has 1 saturated heterocycles. The van der Waals surface area contributed by atoms with Gasteiger partial charge in [0.1, 0.15) is 6.54 Å². The second-order valence-corrected chi connectivity index (χ2v) is 5.62. The number of halogens is 2. The number of benzene rings is 1. The zero-order valence-electron chi connectivity index (χ0n) is 12.1. The molecule has 2 aliphatic rings. The summed E-state index contributed by atoms with van der Waals surface area (Å²) in [5.74, 6) is -2.10. The monoisotopic (exact) mass is 309 g/mol. The maximum Gasteiger partial charge on any atom is 0.322 e. The van der Waals surface area contributed by atoms with E-state index in [-0.39, 0.29) is 30.2 Å². The number of anilines is 1. The number of hydrogen-bond acceptors (Lipinski definition) is 2. The van der Waals surface area contributed by atoms with Gasteiger partial charge < -0.3 is 15.1 Å². The van der Waals surface area contributed by atoms with E-state index in [1.165, 1.54) is 11.0 Å². The van der Waals surface area contributed by atoms with Crippen LogP contribution in [0.5, 0.6) is 0 Å². The molecule has 0 atom stereocenters. The van der Waals surface area contributed by atoms with E-state index < -0.39 is 17.7 Å². The van der Waals surface area contributed by atoms with Crippen LogP contribution < -0.4 is 5.32 Å². The molecule has 1 aromatic carbocycles. The second kappa shape index (κ2) is 5.90. The first-order chi connectivity index (χ1) is 10.6. The lowest BCUT2D eigenvalue weighted by Gasteiger charge is -2.32. The smallest absolute Gasteiger partial charge is 0.322 e. The van der Waals surface area contributed by atoms with Gasteiger partial charge in [-0.25, -0.2) is 13.6 Å². The molecule has 22 heavy (non-hydrogen) atoms. The molecule has 0 aliphatic carbocycles. The van der Waals surface area contributed by atoms with E-state index in [1.54, 1.807) is 4.90 Å². The first kappa shape index (κ1) is 14.7. The standard InChI is InChI=1S/C15H17F2N3O2/c16-11-4-5-12-10(14(11)17)8-20(15(22)18-12)9-13(21)19-6-2-1-3-7-19/h4-5H,1-3,6-9H2,(H,18,22). The Labute approximate surface area is 126 Å². The third-order valence-electron chi connectivity index (χ3n) is 4.11. The van der Waals surface area contributed by atoms with E-state index in [4.69, 9.17) is 0 Å². The fourth-order valence-corrected chi connectivity index (χ4v) is 2.86. The highest BCUT2D eigenvalue weighted by molar-refractivity contribution is 5.94. The normalized spacial score (nSPS) is 18.0. The number of urea groups is 1. The second-order valence-electron chi connectivity index (χ2n) is 5.62. The summed E-state index contributed by atoms with van der Waals surface area (Å²) in [7, 11) is 0. The Bertz CT molecular complexity index is 615. The summed E-state index contributed by atoms with van der Waals surface area (Å²) in [6.07, 6.45) is 3.02. The van der Waals surface area contributed by atoms with E-state index in [0.29, 0.717) is 13.1 Å². The Morgan fingerprint density at radius 3 is 2.64 bits per heavy atom. The Hall–Kier alpha value is -2.18. The lowest BCUT2D eigenvalue weighted by Crippen LogP contribution is -2.47. The van der Waals surface area contributed by atoms with Crippen molar-refractivity contribution in [3.8, 4) is 0 Å². The van der Waals surface area contributed by atoms with Gasteiger partial charge in [0.05, 0.1) is 12.2 Å². The number of hydrogen-bond donors (Lipinski definition) is 1. The third kappa shape index (κ3) is 2.75. The van der Waals surface area contributed by atoms with E-state index >= 15 is 0 Å². The quantitative estimate of drug-likeness (QED) is 0.911. The molecule has 1 fully saturated rings. The number of rotatable bonds is 2. The Kier molecular flexibility index (Phi) is 3.96. The summed E-state index contributed by atoms with van der Waals surface area (Å²) in [5.41, 5.74) is 0.330. The van der Waals surface area contributed by atoms with Crippen LogP contribution >= 0.6 is 0 Å². The lowest BCUT2D eigenvalue weighted by atomic mass is 10.1. The molecule has 118 valence electrons. The lowest BCUT2D eigenvalue weighted by molar-refractivity contribution is -0.132. The van der Waals surface area contributed by atoms with E-state index in [9.17, 15) is 18.4 Å². The first-order valence-corrected chi connectivity index (χ1v) is 7.37. The summed E-state index contributed by atoms with van der Waals surface area (Å²) in [4.78, 5) is 27.1. The van der Waals surface area contributed by atoms with Gasteiger partial charge in [-0.05, 0) is 31.4 Å². The summed E-state index contributed by atoms with van der Waals surface area (Å²) < 4.78 is 27.1. The highest BCUT2D eigenvalue weighted by atomic mass is 19.2. The van der Waals surface area contributed by atoms with Gasteiger partial charge in [-0.15, -0.1) is 0 Å². The zero-order valence-corrected chi connectivity index (χ0v) is 12.1. The van der Waals surface area contributed by atoms with Crippen molar-refractivity contribution in [2.45, 2.75) is 25.8 Å². The van der Waals surface area contributed by atoms with Crippen LogP contribution in [0.2, 0.25) is 0 Å². The maximum absolute atomic E-state index is 13.8. The van der Waals surface area contributed by atoms with Crippen LogP contribution in [0.3, 0.4) is 0 Å². The van der Waals surface area contributed by atoms with Gasteiger partial charge in [0.15, 0.2) is 11.6 Å². The van der Waals surface area contributed by atoms with Crippen molar-refractivity contribution in [1.82, 2.24) is 9.80 Å². The summed E-state index contributed by atoms with van der Waals surface area (Å²) in [5, 5.41) is 2.50. The van der Waals surface area contributed by atoms with Crippen LogP contribution in [-0.2, 0) is 11.3 Å². The van der Waals surface area contributed by atoms with Crippen molar-refractivity contribution in [2.75, 3.05) is 25.0 Å². The number of piperidine rings is 1. The van der Waals surface area contributed by atoms with E-state index in [2.05, 4.69) is 5.32 Å². The minimum Gasteiger partial charge on any atom is -0.341 e. The van der Waals surface area contributed by atoms with Crippen molar-refractivity contribution >= 4 is 17.6 Å². The molecule has 1 N–H and O–H groups in total. The third-order valence-corrected chi connectivity index (χ3v) is 4.11. The molecule has 0 bridgehead atoms. The Morgan fingerprint density at radius 1 is 1.18 bits per heavy atom. The predicted molar refractivity (Wildman–Crippen MR) is 76.2 cm³/mol. The van der Waals surface area contributed by atoms with Gasteiger partial charge in [0, 0.05) is 18.7 Å². The molecular formula is C15H17F2N3O2. The van der Waals surface area contributed by atoms with Crippen molar-refractivity contribution in [1.29, 1.82) is 0 Å². The average molecular weight is 309 g/mol. The van der Waals surface area contributed by atoms with Crippen LogP contribution in [0.25, 0.3) is 0 Å². The fraction of sp³-hybridized carbons (Fsp3) is 0.467. The number of likely N-dealkylation sites (tertiary alicyclic amines) is 1. The van der Waals surface area contributed by atoms with Gasteiger partial charge in [0.2, 0.25) is 5.91 Å². The number of nitrogens with one attached hydrogen (secondary N) is 1. The molecule has 0 radical (unpaired) electrons. The predicted octanol–water partition coefficient (Wildman–Crippen LogP) is 2.32. The van der Waals surface area contributed by atoms with E-state index in [1.807, 2.05) is 0 Å². The summed E-state index contributed by atoms with van der Waals surface area (Å²) in [6, 6.07) is 1.84. The van der Waals surface area contributed by atoms with Crippen LogP contribution in [-0.4, -0.2) is 41.4 Å². The van der Waals surface area contributed by atoms with Crippen LogP contribution in [0.4, 0.5) is 19.3 Å². The Balaban J connectivity index is 1.73. The minimum atomic E-state index is -0.979. The molecule has 2 heterocycles. The highest BCUT2D eigenvalue weighted by Gasteiger charge is 2.29. The average Bonchev–Trinajstić information content (AvgIpc) is 2.53. The molecule has 7 heteroatoms. The molecule has 1 aromatic rings. The number of amides is 3. The molecule has 0 saturated carbocycles. The fourth-order valence-electron chi connectivity index (χ4n) is 2.86. The number of nitrogens with zero attached hydrogens (tertiary/aromatic N) is 2. The SMILES string of the molecule is O=C(CN1Cc2c(ccc(F)c2F)NC1=O)N1CCCCC1. The van der Waals surface area contributed by atoms with Crippen molar-refractivity contribution in [2.24, 2.45) is 0 Å². The minimum absolute atomic E-state index is 0.0750. The van der Waals surface area contributed by atoms with Crippen LogP contribution in [0.15, 0.2) is 12.1 Å². The van der Waals surface area contributed by atoms with Crippen molar-refractivity contribution in [3.63, 3.8) is 0 Å².